The highest BCUT2D eigenvalue weighted by Gasteiger charge is 2.15. The van der Waals surface area contributed by atoms with Crippen molar-refractivity contribution in [2.45, 2.75) is 12.5 Å². The van der Waals surface area contributed by atoms with Crippen molar-refractivity contribution in [1.29, 1.82) is 0 Å². The fourth-order valence-corrected chi connectivity index (χ4v) is 2.60. The van der Waals surface area contributed by atoms with E-state index in [1.54, 1.807) is 6.07 Å². The molecule has 0 aliphatic heterocycles. The van der Waals surface area contributed by atoms with Gasteiger partial charge in [-0.2, -0.15) is 0 Å². The Bertz CT molecular complexity index is 589. The SMILES string of the molecule is O=C(Cc1cccs1)N[C@@H](CO)c1ccc(Cl)c(F)c1. The number of rotatable bonds is 5. The maximum atomic E-state index is 13.4. The van der Waals surface area contributed by atoms with Crippen LogP contribution in [0.3, 0.4) is 0 Å². The largest absolute Gasteiger partial charge is 0.394 e. The van der Waals surface area contributed by atoms with Crippen molar-refractivity contribution >= 4 is 28.8 Å². The molecule has 3 nitrogen and oxygen atoms in total. The lowest BCUT2D eigenvalue weighted by atomic mass is 10.1. The third kappa shape index (κ3) is 3.79. The number of carbonyl (C=O) groups excluding carboxylic acids is 1. The van der Waals surface area contributed by atoms with Gasteiger partial charge in [-0.05, 0) is 29.1 Å². The number of aliphatic hydroxyl groups excluding tert-OH is 1. The first-order chi connectivity index (χ1) is 9.60. The molecule has 2 aromatic rings. The molecule has 0 radical (unpaired) electrons. The van der Waals surface area contributed by atoms with Gasteiger partial charge in [-0.25, -0.2) is 4.39 Å². The van der Waals surface area contributed by atoms with Crippen LogP contribution in [0.2, 0.25) is 5.02 Å². The molecule has 1 amide bonds. The fourth-order valence-electron chi connectivity index (χ4n) is 1.78. The van der Waals surface area contributed by atoms with Crippen LogP contribution in [0, 0.1) is 5.82 Å². The van der Waals surface area contributed by atoms with Gasteiger partial charge in [-0.3, -0.25) is 4.79 Å². The van der Waals surface area contributed by atoms with E-state index in [2.05, 4.69) is 5.32 Å². The van der Waals surface area contributed by atoms with Crippen LogP contribution in [0.25, 0.3) is 0 Å². The van der Waals surface area contributed by atoms with Crippen molar-refractivity contribution in [2.24, 2.45) is 0 Å². The highest BCUT2D eigenvalue weighted by Crippen LogP contribution is 2.20. The van der Waals surface area contributed by atoms with Crippen molar-refractivity contribution in [3.8, 4) is 0 Å². The highest BCUT2D eigenvalue weighted by atomic mass is 35.5. The van der Waals surface area contributed by atoms with E-state index >= 15 is 0 Å². The molecule has 0 unspecified atom stereocenters. The van der Waals surface area contributed by atoms with E-state index in [0.29, 0.717) is 5.56 Å². The summed E-state index contributed by atoms with van der Waals surface area (Å²) in [6.45, 7) is -0.308. The van der Waals surface area contributed by atoms with Crippen LogP contribution in [0.4, 0.5) is 4.39 Å². The number of hydrogen-bond acceptors (Lipinski definition) is 3. The van der Waals surface area contributed by atoms with Crippen LogP contribution in [0.15, 0.2) is 35.7 Å². The van der Waals surface area contributed by atoms with Crippen LogP contribution in [0.1, 0.15) is 16.5 Å². The Morgan fingerprint density at radius 2 is 2.25 bits per heavy atom. The highest BCUT2D eigenvalue weighted by molar-refractivity contribution is 7.10. The van der Waals surface area contributed by atoms with E-state index in [1.807, 2.05) is 17.5 Å². The van der Waals surface area contributed by atoms with Crippen LogP contribution in [-0.2, 0) is 11.2 Å². The Morgan fingerprint density at radius 3 is 2.85 bits per heavy atom. The van der Waals surface area contributed by atoms with Crippen molar-refractivity contribution < 1.29 is 14.3 Å². The molecule has 1 heterocycles. The molecule has 0 saturated carbocycles. The van der Waals surface area contributed by atoms with Gasteiger partial charge in [0.2, 0.25) is 5.91 Å². The number of benzene rings is 1. The van der Waals surface area contributed by atoms with Gasteiger partial charge in [0, 0.05) is 4.88 Å². The first-order valence-corrected chi connectivity index (χ1v) is 7.23. The van der Waals surface area contributed by atoms with E-state index in [1.165, 1.54) is 23.5 Å². The summed E-state index contributed by atoms with van der Waals surface area (Å²) in [6.07, 6.45) is 0.240. The van der Waals surface area contributed by atoms with Gasteiger partial charge in [-0.1, -0.05) is 23.7 Å². The Labute approximate surface area is 125 Å². The van der Waals surface area contributed by atoms with E-state index in [9.17, 15) is 14.3 Å². The van der Waals surface area contributed by atoms with E-state index in [0.717, 1.165) is 4.88 Å². The maximum Gasteiger partial charge on any atom is 0.225 e. The third-order valence-corrected chi connectivity index (χ3v) is 3.96. The second kappa shape index (κ2) is 6.83. The van der Waals surface area contributed by atoms with Gasteiger partial charge in [0.05, 0.1) is 24.1 Å². The van der Waals surface area contributed by atoms with Gasteiger partial charge in [0.25, 0.3) is 0 Å². The summed E-state index contributed by atoms with van der Waals surface area (Å²) in [4.78, 5) is 12.8. The predicted octanol–water partition coefficient (Wildman–Crippen LogP) is 2.93. The molecule has 2 rings (SSSR count). The molecule has 1 atom stereocenters. The van der Waals surface area contributed by atoms with Gasteiger partial charge in [0.1, 0.15) is 5.82 Å². The number of aliphatic hydroxyl groups is 1. The van der Waals surface area contributed by atoms with Gasteiger partial charge in [-0.15, -0.1) is 11.3 Å². The molecule has 1 aromatic heterocycles. The minimum atomic E-state index is -0.644. The summed E-state index contributed by atoms with van der Waals surface area (Å²) in [5.41, 5.74) is 0.480. The number of hydrogen-bond donors (Lipinski definition) is 2. The summed E-state index contributed by atoms with van der Waals surface area (Å²) >= 11 is 7.09. The fraction of sp³-hybridized carbons (Fsp3) is 0.214. The molecule has 0 spiro atoms. The molecule has 0 fully saturated rings. The Balaban J connectivity index is 2.04. The molecule has 0 aliphatic carbocycles. The third-order valence-electron chi connectivity index (χ3n) is 2.78. The van der Waals surface area contributed by atoms with Crippen molar-refractivity contribution in [2.75, 3.05) is 6.61 Å². The average molecular weight is 314 g/mol. The Kier molecular flexibility index (Phi) is 5.11. The second-order valence-electron chi connectivity index (χ2n) is 4.23. The standard InChI is InChI=1S/C14H13ClFNO2S/c15-11-4-3-9(6-12(11)16)13(8-18)17-14(19)7-10-2-1-5-20-10/h1-6,13,18H,7-8H2,(H,17,19)/t13-/m0/s1. The molecule has 6 heteroatoms. The Hall–Kier alpha value is -1.43. The van der Waals surface area contributed by atoms with Crippen molar-refractivity contribution in [3.05, 3.63) is 57.0 Å². The summed E-state index contributed by atoms with van der Waals surface area (Å²) in [7, 11) is 0. The molecule has 106 valence electrons. The molecule has 20 heavy (non-hydrogen) atoms. The zero-order valence-electron chi connectivity index (χ0n) is 10.5. The van der Waals surface area contributed by atoms with Crippen LogP contribution in [-0.4, -0.2) is 17.6 Å². The number of carbonyl (C=O) groups is 1. The Morgan fingerprint density at radius 1 is 1.45 bits per heavy atom. The maximum absolute atomic E-state index is 13.4. The molecule has 0 bridgehead atoms. The zero-order chi connectivity index (χ0) is 14.5. The molecule has 0 saturated heterocycles. The molecular formula is C14H13ClFNO2S. The monoisotopic (exact) mass is 313 g/mol. The van der Waals surface area contributed by atoms with Crippen molar-refractivity contribution in [3.63, 3.8) is 0 Å². The zero-order valence-corrected chi connectivity index (χ0v) is 12.0. The topological polar surface area (TPSA) is 49.3 Å². The molecule has 2 N–H and O–H groups in total. The lowest BCUT2D eigenvalue weighted by molar-refractivity contribution is -0.121. The lowest BCUT2D eigenvalue weighted by Gasteiger charge is -2.17. The van der Waals surface area contributed by atoms with Crippen LogP contribution >= 0.6 is 22.9 Å². The molecule has 0 aliphatic rings. The first kappa shape index (κ1) is 15.0. The second-order valence-corrected chi connectivity index (χ2v) is 5.67. The number of nitrogens with one attached hydrogen (secondary N) is 1. The average Bonchev–Trinajstić information content (AvgIpc) is 2.92. The van der Waals surface area contributed by atoms with Gasteiger partial charge < -0.3 is 10.4 Å². The van der Waals surface area contributed by atoms with Crippen LogP contribution in [0.5, 0.6) is 0 Å². The van der Waals surface area contributed by atoms with Gasteiger partial charge in [0.15, 0.2) is 0 Å². The quantitative estimate of drug-likeness (QED) is 0.891. The summed E-state index contributed by atoms with van der Waals surface area (Å²) in [5.74, 6) is -0.794. The van der Waals surface area contributed by atoms with Crippen molar-refractivity contribution in [1.82, 2.24) is 5.32 Å². The molecule has 1 aromatic carbocycles. The molecular weight excluding hydrogens is 301 g/mol. The first-order valence-electron chi connectivity index (χ1n) is 5.97. The summed E-state index contributed by atoms with van der Waals surface area (Å²) in [6, 6.07) is 7.28. The minimum Gasteiger partial charge on any atom is -0.394 e. The van der Waals surface area contributed by atoms with Gasteiger partial charge >= 0.3 is 0 Å². The van der Waals surface area contributed by atoms with E-state index in [-0.39, 0.29) is 24.0 Å². The van der Waals surface area contributed by atoms with Crippen LogP contribution < -0.4 is 5.32 Å². The predicted molar refractivity (Wildman–Crippen MR) is 77.4 cm³/mol. The number of amides is 1. The smallest absolute Gasteiger partial charge is 0.225 e. The minimum absolute atomic E-state index is 0.00959. The normalized spacial score (nSPS) is 12.2. The number of thiophene rings is 1. The van der Waals surface area contributed by atoms with E-state index in [4.69, 9.17) is 11.6 Å². The summed E-state index contributed by atoms with van der Waals surface area (Å²) in [5, 5.41) is 13.9. The summed E-state index contributed by atoms with van der Waals surface area (Å²) < 4.78 is 13.4. The number of halogens is 2. The van der Waals surface area contributed by atoms with E-state index < -0.39 is 11.9 Å². The lowest BCUT2D eigenvalue weighted by Crippen LogP contribution is -2.31.